The Morgan fingerprint density at radius 3 is 3.06 bits per heavy atom. The number of nitrogens with one attached hydrogen (secondary N) is 2. The second-order valence-electron chi connectivity index (χ2n) is 4.20. The summed E-state index contributed by atoms with van der Waals surface area (Å²) in [6.45, 7) is 5.27. The van der Waals surface area contributed by atoms with Gasteiger partial charge in [0.25, 0.3) is 0 Å². The van der Waals surface area contributed by atoms with Gasteiger partial charge < -0.3 is 15.5 Å². The highest BCUT2D eigenvalue weighted by atomic mass is 16.2. The molecular formula is C13H19N3O. The zero-order valence-electron chi connectivity index (χ0n) is 10.2. The third-order valence-electron chi connectivity index (χ3n) is 2.99. The maximum Gasteiger partial charge on any atom is 0.317 e. The SMILES string of the molecule is CCc1cccc(NCCN2CCNC2=O)c1. The van der Waals surface area contributed by atoms with E-state index in [-0.39, 0.29) is 6.03 Å². The predicted molar refractivity (Wildman–Crippen MR) is 69.3 cm³/mol. The fourth-order valence-electron chi connectivity index (χ4n) is 1.96. The Bertz CT molecular complexity index is 392. The molecule has 1 aromatic carbocycles. The van der Waals surface area contributed by atoms with Crippen molar-refractivity contribution >= 4 is 11.7 Å². The number of carbonyl (C=O) groups is 1. The van der Waals surface area contributed by atoms with Crippen LogP contribution in [0.1, 0.15) is 12.5 Å². The number of hydrogen-bond acceptors (Lipinski definition) is 2. The predicted octanol–water partition coefficient (Wildman–Crippen LogP) is 1.69. The highest BCUT2D eigenvalue weighted by Crippen LogP contribution is 2.10. The monoisotopic (exact) mass is 233 g/mol. The summed E-state index contributed by atoms with van der Waals surface area (Å²) in [5.74, 6) is 0. The first kappa shape index (κ1) is 11.8. The molecule has 0 unspecified atom stereocenters. The van der Waals surface area contributed by atoms with Crippen LogP contribution in [0.4, 0.5) is 10.5 Å². The van der Waals surface area contributed by atoms with Crippen molar-refractivity contribution in [1.82, 2.24) is 10.2 Å². The number of amides is 2. The van der Waals surface area contributed by atoms with E-state index in [4.69, 9.17) is 0 Å². The van der Waals surface area contributed by atoms with Gasteiger partial charge >= 0.3 is 6.03 Å². The van der Waals surface area contributed by atoms with Gasteiger partial charge in [0.1, 0.15) is 0 Å². The number of hydrogen-bond donors (Lipinski definition) is 2. The standard InChI is InChI=1S/C13H19N3O/c1-2-11-4-3-5-12(10-11)14-6-8-16-9-7-15-13(16)17/h3-5,10,14H,2,6-9H2,1H3,(H,15,17). The Hall–Kier alpha value is -1.71. The second-order valence-corrected chi connectivity index (χ2v) is 4.20. The Morgan fingerprint density at radius 2 is 2.35 bits per heavy atom. The van der Waals surface area contributed by atoms with Crippen LogP contribution in [-0.4, -0.2) is 37.1 Å². The van der Waals surface area contributed by atoms with E-state index in [1.54, 1.807) is 0 Å². The first-order chi connectivity index (χ1) is 8.29. The molecule has 2 rings (SSSR count). The molecule has 2 N–H and O–H groups in total. The van der Waals surface area contributed by atoms with E-state index in [2.05, 4.69) is 41.8 Å². The van der Waals surface area contributed by atoms with Crippen LogP contribution in [-0.2, 0) is 6.42 Å². The molecule has 0 spiro atoms. The summed E-state index contributed by atoms with van der Waals surface area (Å²) in [6, 6.07) is 8.45. The molecule has 0 saturated carbocycles. The minimum absolute atomic E-state index is 0.0501. The van der Waals surface area contributed by atoms with Crippen LogP contribution in [0.15, 0.2) is 24.3 Å². The smallest absolute Gasteiger partial charge is 0.317 e. The summed E-state index contributed by atoms with van der Waals surface area (Å²) in [4.78, 5) is 13.1. The van der Waals surface area contributed by atoms with E-state index in [0.717, 1.165) is 38.3 Å². The Balaban J connectivity index is 1.79. The zero-order valence-corrected chi connectivity index (χ0v) is 10.2. The summed E-state index contributed by atoms with van der Waals surface area (Å²) < 4.78 is 0. The molecule has 0 aromatic heterocycles. The number of carbonyl (C=O) groups excluding carboxylic acids is 1. The largest absolute Gasteiger partial charge is 0.383 e. The molecule has 1 aliphatic heterocycles. The summed E-state index contributed by atoms with van der Waals surface area (Å²) >= 11 is 0. The van der Waals surface area contributed by atoms with Crippen molar-refractivity contribution < 1.29 is 4.79 Å². The van der Waals surface area contributed by atoms with Crippen molar-refractivity contribution in [2.75, 3.05) is 31.5 Å². The summed E-state index contributed by atoms with van der Waals surface area (Å²) in [6.07, 6.45) is 1.05. The number of anilines is 1. The van der Waals surface area contributed by atoms with Gasteiger partial charge in [-0.2, -0.15) is 0 Å². The molecule has 1 aromatic rings. The summed E-state index contributed by atoms with van der Waals surface area (Å²) in [7, 11) is 0. The van der Waals surface area contributed by atoms with Gasteiger partial charge in [0, 0.05) is 31.9 Å². The lowest BCUT2D eigenvalue weighted by Gasteiger charge is -2.15. The molecule has 0 aliphatic carbocycles. The van der Waals surface area contributed by atoms with Gasteiger partial charge in [-0.1, -0.05) is 19.1 Å². The molecule has 17 heavy (non-hydrogen) atoms. The lowest BCUT2D eigenvalue weighted by Crippen LogP contribution is -2.32. The van der Waals surface area contributed by atoms with E-state index < -0.39 is 0 Å². The van der Waals surface area contributed by atoms with Crippen LogP contribution in [0.5, 0.6) is 0 Å². The maximum absolute atomic E-state index is 11.3. The van der Waals surface area contributed by atoms with Gasteiger partial charge in [-0.25, -0.2) is 4.79 Å². The van der Waals surface area contributed by atoms with Gasteiger partial charge in [-0.05, 0) is 24.1 Å². The first-order valence-electron chi connectivity index (χ1n) is 6.15. The third kappa shape index (κ3) is 3.12. The molecule has 0 atom stereocenters. The van der Waals surface area contributed by atoms with E-state index >= 15 is 0 Å². The Labute approximate surface area is 102 Å². The number of nitrogens with zero attached hydrogens (tertiary/aromatic N) is 1. The van der Waals surface area contributed by atoms with Gasteiger partial charge in [0.2, 0.25) is 0 Å². The van der Waals surface area contributed by atoms with Crippen LogP contribution in [0, 0.1) is 0 Å². The molecule has 1 heterocycles. The van der Waals surface area contributed by atoms with Crippen molar-refractivity contribution in [3.05, 3.63) is 29.8 Å². The average Bonchev–Trinajstić information content (AvgIpc) is 2.76. The van der Waals surface area contributed by atoms with Gasteiger partial charge in [0.15, 0.2) is 0 Å². The van der Waals surface area contributed by atoms with Gasteiger partial charge in [-0.15, -0.1) is 0 Å². The van der Waals surface area contributed by atoms with Crippen LogP contribution in [0.25, 0.3) is 0 Å². The molecule has 4 heteroatoms. The average molecular weight is 233 g/mol. The second kappa shape index (κ2) is 5.57. The fraction of sp³-hybridized carbons (Fsp3) is 0.462. The van der Waals surface area contributed by atoms with Crippen LogP contribution < -0.4 is 10.6 Å². The number of urea groups is 1. The molecule has 4 nitrogen and oxygen atoms in total. The first-order valence-corrected chi connectivity index (χ1v) is 6.15. The van der Waals surface area contributed by atoms with Crippen molar-refractivity contribution in [3.63, 3.8) is 0 Å². The van der Waals surface area contributed by atoms with Gasteiger partial charge in [-0.3, -0.25) is 0 Å². The number of rotatable bonds is 5. The summed E-state index contributed by atoms with van der Waals surface area (Å²) in [5.41, 5.74) is 2.46. The Kier molecular flexibility index (Phi) is 3.85. The highest BCUT2D eigenvalue weighted by Gasteiger charge is 2.17. The molecular weight excluding hydrogens is 214 g/mol. The van der Waals surface area contributed by atoms with Crippen molar-refractivity contribution in [1.29, 1.82) is 0 Å². The summed E-state index contributed by atoms with van der Waals surface area (Å²) in [5, 5.41) is 6.14. The van der Waals surface area contributed by atoms with Crippen LogP contribution in [0.2, 0.25) is 0 Å². The molecule has 2 amide bonds. The lowest BCUT2D eigenvalue weighted by atomic mass is 10.1. The highest BCUT2D eigenvalue weighted by molar-refractivity contribution is 5.76. The van der Waals surface area contributed by atoms with E-state index in [1.807, 2.05) is 4.90 Å². The molecule has 0 bridgehead atoms. The van der Waals surface area contributed by atoms with Gasteiger partial charge in [0.05, 0.1) is 0 Å². The minimum Gasteiger partial charge on any atom is -0.383 e. The number of benzene rings is 1. The lowest BCUT2D eigenvalue weighted by molar-refractivity contribution is 0.219. The normalized spacial score (nSPS) is 14.9. The Morgan fingerprint density at radius 1 is 1.47 bits per heavy atom. The quantitative estimate of drug-likeness (QED) is 0.812. The molecule has 1 aliphatic rings. The van der Waals surface area contributed by atoms with Crippen molar-refractivity contribution in [2.45, 2.75) is 13.3 Å². The molecule has 0 radical (unpaired) electrons. The molecule has 1 saturated heterocycles. The van der Waals surface area contributed by atoms with E-state index in [1.165, 1.54) is 5.56 Å². The molecule has 1 fully saturated rings. The van der Waals surface area contributed by atoms with Crippen LogP contribution >= 0.6 is 0 Å². The third-order valence-corrected chi connectivity index (χ3v) is 2.99. The zero-order chi connectivity index (χ0) is 12.1. The van der Waals surface area contributed by atoms with Crippen molar-refractivity contribution in [2.24, 2.45) is 0 Å². The van der Waals surface area contributed by atoms with Crippen LogP contribution in [0.3, 0.4) is 0 Å². The minimum atomic E-state index is 0.0501. The number of aryl methyl sites for hydroxylation is 1. The maximum atomic E-state index is 11.3. The van der Waals surface area contributed by atoms with E-state index in [9.17, 15) is 4.79 Å². The van der Waals surface area contributed by atoms with Crippen molar-refractivity contribution in [3.8, 4) is 0 Å². The van der Waals surface area contributed by atoms with E-state index in [0.29, 0.717) is 0 Å². The fourth-order valence-corrected chi connectivity index (χ4v) is 1.96. The topological polar surface area (TPSA) is 44.4 Å². The molecule has 92 valence electrons.